The maximum Gasteiger partial charge on any atom is 0.331 e. The molecule has 8 heteroatoms. The van der Waals surface area contributed by atoms with Crippen LogP contribution >= 0.6 is 11.6 Å². The number of nitrogens with zero attached hydrogens (tertiary/aromatic N) is 3. The molecule has 2 heterocycles. The third-order valence-corrected chi connectivity index (χ3v) is 5.36. The summed E-state index contributed by atoms with van der Waals surface area (Å²) in [4.78, 5) is 41.3. The predicted octanol–water partition coefficient (Wildman–Crippen LogP) is -0.416. The summed E-state index contributed by atoms with van der Waals surface area (Å²) in [5, 5.41) is 0.816. The summed E-state index contributed by atoms with van der Waals surface area (Å²) < 4.78 is 2.52. The molecule has 0 aliphatic carbocycles. The Morgan fingerprint density at radius 3 is 2.46 bits per heavy atom. The molecule has 1 N–H and O–H groups in total. The first kappa shape index (κ1) is 18.7. The van der Waals surface area contributed by atoms with Gasteiger partial charge in [0.2, 0.25) is 5.91 Å². The van der Waals surface area contributed by atoms with Gasteiger partial charge in [-0.1, -0.05) is 11.6 Å². The van der Waals surface area contributed by atoms with E-state index in [9.17, 15) is 14.4 Å². The molecule has 26 heavy (non-hydrogen) atoms. The number of nitrogens with one attached hydrogen (secondary N) is 1. The Bertz CT molecular complexity index is 942. The van der Waals surface area contributed by atoms with Gasteiger partial charge in [-0.25, -0.2) is 4.79 Å². The second kappa shape index (κ2) is 7.63. The van der Waals surface area contributed by atoms with E-state index in [2.05, 4.69) is 6.92 Å². The molecule has 2 aromatic rings. The summed E-state index contributed by atoms with van der Waals surface area (Å²) in [6.07, 6.45) is 0. The Labute approximate surface area is 156 Å². The Morgan fingerprint density at radius 2 is 1.85 bits per heavy atom. The van der Waals surface area contributed by atoms with Crippen molar-refractivity contribution in [1.29, 1.82) is 0 Å². The molecule has 0 saturated carbocycles. The minimum absolute atomic E-state index is 0.0859. The number of rotatable bonds is 4. The summed E-state index contributed by atoms with van der Waals surface area (Å²) in [5.74, 6) is -0.107. The normalized spacial score (nSPS) is 15.6. The largest absolute Gasteiger partial charge is 0.332 e. The molecule has 1 aliphatic rings. The van der Waals surface area contributed by atoms with E-state index in [1.54, 1.807) is 30.0 Å². The molecule has 1 saturated heterocycles. The fraction of sp³-hybridized carbons (Fsp3) is 0.500. The molecular weight excluding hydrogens is 356 g/mol. The van der Waals surface area contributed by atoms with Gasteiger partial charge in [0, 0.05) is 11.6 Å². The van der Waals surface area contributed by atoms with Gasteiger partial charge in [0.25, 0.3) is 5.56 Å². The van der Waals surface area contributed by atoms with Crippen LogP contribution in [0.25, 0.3) is 10.9 Å². The molecular formula is C18H24ClN4O3+. The third kappa shape index (κ3) is 3.41. The van der Waals surface area contributed by atoms with Gasteiger partial charge in [-0.2, -0.15) is 0 Å². The molecule has 140 valence electrons. The second-order valence-electron chi connectivity index (χ2n) is 6.56. The fourth-order valence-electron chi connectivity index (χ4n) is 3.48. The lowest BCUT2D eigenvalue weighted by atomic mass is 10.2. The van der Waals surface area contributed by atoms with Gasteiger partial charge in [-0.05, 0) is 32.0 Å². The van der Waals surface area contributed by atoms with E-state index in [4.69, 9.17) is 11.6 Å². The van der Waals surface area contributed by atoms with Crippen LogP contribution in [0.15, 0.2) is 27.8 Å². The van der Waals surface area contributed by atoms with E-state index < -0.39 is 5.69 Å². The molecule has 0 bridgehead atoms. The van der Waals surface area contributed by atoms with Crippen LogP contribution in [0, 0.1) is 0 Å². The molecule has 1 aliphatic heterocycles. The summed E-state index contributed by atoms with van der Waals surface area (Å²) in [6, 6.07) is 4.80. The highest BCUT2D eigenvalue weighted by Crippen LogP contribution is 2.16. The van der Waals surface area contributed by atoms with Gasteiger partial charge in [-0.3, -0.25) is 18.7 Å². The lowest BCUT2D eigenvalue weighted by Gasteiger charge is -2.31. The molecule has 1 amide bonds. The average Bonchev–Trinajstić information content (AvgIpc) is 2.65. The van der Waals surface area contributed by atoms with Crippen molar-refractivity contribution in [3.8, 4) is 0 Å². The molecule has 7 nitrogen and oxygen atoms in total. The van der Waals surface area contributed by atoms with Crippen molar-refractivity contribution < 1.29 is 9.69 Å². The summed E-state index contributed by atoms with van der Waals surface area (Å²) in [6.45, 7) is 8.29. The van der Waals surface area contributed by atoms with Gasteiger partial charge >= 0.3 is 5.69 Å². The number of hydrogen-bond donors (Lipinski definition) is 1. The molecule has 0 spiro atoms. The van der Waals surface area contributed by atoms with Crippen molar-refractivity contribution in [3.63, 3.8) is 0 Å². The fourth-order valence-corrected chi connectivity index (χ4v) is 3.65. The predicted molar refractivity (Wildman–Crippen MR) is 101 cm³/mol. The highest BCUT2D eigenvalue weighted by molar-refractivity contribution is 6.31. The lowest BCUT2D eigenvalue weighted by molar-refractivity contribution is -0.902. The minimum atomic E-state index is -0.474. The zero-order valence-electron chi connectivity index (χ0n) is 15.1. The first-order chi connectivity index (χ1) is 12.5. The number of benzene rings is 1. The number of quaternary nitrogens is 1. The Balaban J connectivity index is 1.99. The number of amides is 1. The molecule has 0 atom stereocenters. The average molecular weight is 380 g/mol. The number of piperazine rings is 1. The van der Waals surface area contributed by atoms with Crippen molar-refractivity contribution in [2.24, 2.45) is 0 Å². The molecule has 1 aromatic carbocycles. The maximum atomic E-state index is 12.8. The van der Waals surface area contributed by atoms with E-state index >= 15 is 0 Å². The Morgan fingerprint density at radius 1 is 1.15 bits per heavy atom. The van der Waals surface area contributed by atoms with Crippen LogP contribution in [0.3, 0.4) is 0 Å². The van der Waals surface area contributed by atoms with Crippen LogP contribution in [0.5, 0.6) is 0 Å². The second-order valence-corrected chi connectivity index (χ2v) is 7.00. The standard InChI is InChI=1S/C18H23ClN4O3/c1-3-20-7-9-21(10-8-20)16(24)12-23-15-11-13(19)5-6-14(15)17(25)22(4-2)18(23)26/h5-6,11H,3-4,7-10,12H2,1-2H3/p+1. The van der Waals surface area contributed by atoms with E-state index in [0.717, 1.165) is 24.2 Å². The molecule has 1 fully saturated rings. The quantitative estimate of drug-likeness (QED) is 0.784. The number of likely N-dealkylation sites (N-methyl/N-ethyl adjacent to an activating group) is 1. The zero-order valence-corrected chi connectivity index (χ0v) is 15.9. The highest BCUT2D eigenvalue weighted by Gasteiger charge is 2.24. The number of fused-ring (bicyclic) bond motifs is 1. The van der Waals surface area contributed by atoms with E-state index in [-0.39, 0.29) is 24.6 Å². The first-order valence-corrected chi connectivity index (χ1v) is 9.38. The van der Waals surface area contributed by atoms with Crippen molar-refractivity contribution in [1.82, 2.24) is 14.0 Å². The van der Waals surface area contributed by atoms with Gasteiger partial charge < -0.3 is 9.80 Å². The van der Waals surface area contributed by atoms with E-state index in [1.165, 1.54) is 9.47 Å². The maximum absolute atomic E-state index is 12.8. The third-order valence-electron chi connectivity index (χ3n) is 5.12. The van der Waals surface area contributed by atoms with Crippen LogP contribution in [0.4, 0.5) is 0 Å². The van der Waals surface area contributed by atoms with E-state index in [1.807, 2.05) is 0 Å². The minimum Gasteiger partial charge on any atom is -0.332 e. The molecule has 0 unspecified atom stereocenters. The molecule has 3 rings (SSSR count). The van der Waals surface area contributed by atoms with Gasteiger partial charge in [0.05, 0.1) is 43.6 Å². The van der Waals surface area contributed by atoms with Crippen LogP contribution in [-0.2, 0) is 17.9 Å². The summed E-state index contributed by atoms with van der Waals surface area (Å²) in [7, 11) is 0. The SMILES string of the molecule is CCn1c(=O)c2ccc(Cl)cc2n(CC(=O)N2CC[NH+](CC)CC2)c1=O. The van der Waals surface area contributed by atoms with Crippen molar-refractivity contribution in [2.45, 2.75) is 26.9 Å². The Kier molecular flexibility index (Phi) is 5.48. The number of hydrogen-bond acceptors (Lipinski definition) is 3. The van der Waals surface area contributed by atoms with Gasteiger partial charge in [0.15, 0.2) is 0 Å². The van der Waals surface area contributed by atoms with Gasteiger partial charge in [0.1, 0.15) is 6.54 Å². The monoisotopic (exact) mass is 379 g/mol. The summed E-state index contributed by atoms with van der Waals surface area (Å²) >= 11 is 6.06. The van der Waals surface area contributed by atoms with E-state index in [0.29, 0.717) is 29.0 Å². The first-order valence-electron chi connectivity index (χ1n) is 9.00. The van der Waals surface area contributed by atoms with Crippen LogP contribution in [0.2, 0.25) is 5.02 Å². The number of aromatic nitrogens is 2. The zero-order chi connectivity index (χ0) is 18.8. The van der Waals surface area contributed by atoms with Gasteiger partial charge in [-0.15, -0.1) is 0 Å². The lowest BCUT2D eigenvalue weighted by Crippen LogP contribution is -3.14. The number of carbonyl (C=O) groups is 1. The van der Waals surface area contributed by atoms with Crippen molar-refractivity contribution in [3.05, 3.63) is 44.1 Å². The molecule has 0 radical (unpaired) electrons. The Hall–Kier alpha value is -2.12. The van der Waals surface area contributed by atoms with Crippen LogP contribution in [-0.4, -0.2) is 52.7 Å². The smallest absolute Gasteiger partial charge is 0.331 e. The van der Waals surface area contributed by atoms with Crippen LogP contribution < -0.4 is 16.1 Å². The number of carbonyl (C=O) groups excluding carboxylic acids is 1. The van der Waals surface area contributed by atoms with Crippen molar-refractivity contribution in [2.75, 3.05) is 32.7 Å². The van der Waals surface area contributed by atoms with Crippen molar-refractivity contribution >= 4 is 28.4 Å². The topological polar surface area (TPSA) is 68.8 Å². The summed E-state index contributed by atoms with van der Waals surface area (Å²) in [5.41, 5.74) is -0.421. The molecule has 1 aromatic heterocycles. The number of halogens is 1. The van der Waals surface area contributed by atoms with Crippen LogP contribution in [0.1, 0.15) is 13.8 Å². The highest BCUT2D eigenvalue weighted by atomic mass is 35.5.